The lowest BCUT2D eigenvalue weighted by Gasteiger charge is -2.48. The van der Waals surface area contributed by atoms with Gasteiger partial charge in [0.05, 0.1) is 0 Å². The first-order valence-electron chi connectivity index (χ1n) is 7.67. The van der Waals surface area contributed by atoms with Gasteiger partial charge in [0.25, 0.3) is 11.8 Å². The molecule has 3 atom stereocenters. The highest BCUT2D eigenvalue weighted by molar-refractivity contribution is 7.96. The summed E-state index contributed by atoms with van der Waals surface area (Å²) >= 11 is -1.71. The number of carbonyl (C=O) groups excluding carboxylic acids is 2. The summed E-state index contributed by atoms with van der Waals surface area (Å²) in [6.07, 6.45) is 0. The summed E-state index contributed by atoms with van der Waals surface area (Å²) < 4.78 is 17.8. The van der Waals surface area contributed by atoms with Crippen LogP contribution in [0.1, 0.15) is 6.92 Å². The van der Waals surface area contributed by atoms with E-state index in [0.29, 0.717) is 5.75 Å². The highest BCUT2D eigenvalue weighted by Gasteiger charge is 2.61. The molecule has 2 amide bonds. The Morgan fingerprint density at radius 1 is 1.38 bits per heavy atom. The molecular formula is C17H16N2O6S. The van der Waals surface area contributed by atoms with E-state index in [2.05, 4.69) is 11.9 Å². The van der Waals surface area contributed by atoms with Gasteiger partial charge in [0, 0.05) is 16.7 Å². The third-order valence-corrected chi connectivity index (χ3v) is 5.87. The number of allylic oxidation sites excluding steroid dienone is 1. The number of carbonyl (C=O) groups is 3. The van der Waals surface area contributed by atoms with Crippen LogP contribution in [0.3, 0.4) is 0 Å². The average Bonchev–Trinajstić information content (AvgIpc) is 2.63. The number of carboxylic acid groups (broad SMARTS) is 1. The third kappa shape index (κ3) is 2.95. The Kier molecular flexibility index (Phi) is 4.75. The molecule has 2 unspecified atom stereocenters. The molecule has 1 aromatic carbocycles. The van der Waals surface area contributed by atoms with Crippen molar-refractivity contribution >= 4 is 29.0 Å². The summed E-state index contributed by atoms with van der Waals surface area (Å²) in [6, 6.07) is 7.57. The summed E-state index contributed by atoms with van der Waals surface area (Å²) in [5, 5.41) is 10.8. The fourth-order valence-corrected chi connectivity index (χ4v) is 4.33. The number of fused-ring (bicyclic) bond motifs is 1. The second kappa shape index (κ2) is 6.85. The molecule has 2 aliphatic heterocycles. The number of benzene rings is 1. The Labute approximate surface area is 152 Å². The number of hydrogen-bond acceptors (Lipinski definition) is 5. The predicted molar refractivity (Wildman–Crippen MR) is 92.1 cm³/mol. The number of amides is 2. The molecule has 136 valence electrons. The molecule has 0 aromatic heterocycles. The van der Waals surface area contributed by atoms with Crippen molar-refractivity contribution < 1.29 is 28.8 Å². The maximum Gasteiger partial charge on any atom is 0.353 e. The van der Waals surface area contributed by atoms with E-state index in [-0.39, 0.29) is 22.8 Å². The van der Waals surface area contributed by atoms with Crippen LogP contribution in [0.2, 0.25) is 0 Å². The highest BCUT2D eigenvalue weighted by atomic mass is 32.2. The van der Waals surface area contributed by atoms with Crippen molar-refractivity contribution in [2.24, 2.45) is 0 Å². The van der Waals surface area contributed by atoms with Crippen molar-refractivity contribution in [1.29, 1.82) is 0 Å². The van der Waals surface area contributed by atoms with E-state index in [1.54, 1.807) is 30.3 Å². The smallest absolute Gasteiger partial charge is 0.353 e. The van der Waals surface area contributed by atoms with Crippen molar-refractivity contribution in [3.8, 4) is 5.75 Å². The molecule has 26 heavy (non-hydrogen) atoms. The first kappa shape index (κ1) is 18.0. The first-order chi connectivity index (χ1) is 12.3. The standard InChI is InChI=1S/C17H16N2O6S/c1-9-10(2)26(24)16-13(15(21)19(16)14(9)17(22)23)18-12(20)8-25-11-6-4-3-5-7-11/h3-7,13,16H,2,8H2,1H3,(H,18,20)(H,22,23)/t13?,16-,26?/m0/s1. The molecule has 0 radical (unpaired) electrons. The molecule has 0 bridgehead atoms. The zero-order valence-corrected chi connectivity index (χ0v) is 14.6. The SMILES string of the molecule is C=C1C(C)=C(C(=O)O)N2C(=O)C(NC(=O)COc3ccccc3)[C@@H]2[S+]1[O-]. The average molecular weight is 376 g/mol. The maximum absolute atomic E-state index is 12.5. The second-order valence-electron chi connectivity index (χ2n) is 5.75. The summed E-state index contributed by atoms with van der Waals surface area (Å²) in [5.41, 5.74) is -0.0618. The number of β-lactam (4-membered cyclic amide) rings is 1. The number of para-hydroxylation sites is 1. The largest absolute Gasteiger partial charge is 0.610 e. The van der Waals surface area contributed by atoms with E-state index in [4.69, 9.17) is 4.74 Å². The Morgan fingerprint density at radius 3 is 2.65 bits per heavy atom. The second-order valence-corrected chi connectivity index (χ2v) is 7.32. The Balaban J connectivity index is 1.69. The molecule has 9 heteroatoms. The first-order valence-corrected chi connectivity index (χ1v) is 8.88. The minimum absolute atomic E-state index is 0.135. The monoisotopic (exact) mass is 376 g/mol. The van der Waals surface area contributed by atoms with E-state index in [1.807, 2.05) is 0 Å². The van der Waals surface area contributed by atoms with Gasteiger partial charge in [-0.1, -0.05) is 18.2 Å². The lowest BCUT2D eigenvalue weighted by atomic mass is 10.0. The summed E-state index contributed by atoms with van der Waals surface area (Å²) in [5.74, 6) is -2.01. The van der Waals surface area contributed by atoms with E-state index in [1.165, 1.54) is 6.92 Å². The van der Waals surface area contributed by atoms with Crippen molar-refractivity contribution in [3.05, 3.63) is 53.1 Å². The van der Waals surface area contributed by atoms with Crippen LogP contribution in [0, 0.1) is 0 Å². The molecule has 3 rings (SSSR count). The fourth-order valence-electron chi connectivity index (χ4n) is 2.81. The molecule has 1 fully saturated rings. The summed E-state index contributed by atoms with van der Waals surface area (Å²) in [4.78, 5) is 36.9. The predicted octanol–water partition coefficient (Wildman–Crippen LogP) is 0.353. The number of rotatable bonds is 5. The summed E-state index contributed by atoms with van der Waals surface area (Å²) in [7, 11) is 0. The van der Waals surface area contributed by atoms with Gasteiger partial charge in [0.1, 0.15) is 11.4 Å². The highest BCUT2D eigenvalue weighted by Crippen LogP contribution is 2.41. The fraction of sp³-hybridized carbons (Fsp3) is 0.235. The normalized spacial score (nSPS) is 24.7. The van der Waals surface area contributed by atoms with Gasteiger partial charge in [-0.3, -0.25) is 14.5 Å². The Hall–Kier alpha value is -2.78. The van der Waals surface area contributed by atoms with Gasteiger partial charge in [0.15, 0.2) is 17.6 Å². The molecule has 1 aromatic rings. The van der Waals surface area contributed by atoms with Gasteiger partial charge in [-0.15, -0.1) is 0 Å². The number of ether oxygens (including phenoxy) is 1. The van der Waals surface area contributed by atoms with Gasteiger partial charge in [-0.2, -0.15) is 0 Å². The molecule has 0 spiro atoms. The van der Waals surface area contributed by atoms with Crippen molar-refractivity contribution in [2.75, 3.05) is 6.61 Å². The van der Waals surface area contributed by atoms with Crippen LogP contribution in [0.25, 0.3) is 0 Å². The zero-order chi connectivity index (χ0) is 19.0. The van der Waals surface area contributed by atoms with Gasteiger partial charge >= 0.3 is 5.97 Å². The minimum atomic E-state index is -1.71. The van der Waals surface area contributed by atoms with E-state index < -0.39 is 40.4 Å². The topological polar surface area (TPSA) is 119 Å². The number of nitrogens with one attached hydrogen (secondary N) is 1. The molecule has 2 N–H and O–H groups in total. The third-order valence-electron chi connectivity index (χ3n) is 4.15. The number of hydrogen-bond donors (Lipinski definition) is 2. The van der Waals surface area contributed by atoms with Gasteiger partial charge < -0.3 is 19.7 Å². The Bertz CT molecular complexity index is 822. The Morgan fingerprint density at radius 2 is 2.04 bits per heavy atom. The van der Waals surface area contributed by atoms with Crippen LogP contribution in [-0.4, -0.2) is 50.4 Å². The van der Waals surface area contributed by atoms with E-state index >= 15 is 0 Å². The maximum atomic E-state index is 12.5. The lowest BCUT2D eigenvalue weighted by Crippen LogP contribution is -2.74. The number of aliphatic carboxylic acids is 1. The molecule has 0 saturated carbocycles. The van der Waals surface area contributed by atoms with Crippen LogP contribution >= 0.6 is 0 Å². The van der Waals surface area contributed by atoms with E-state index in [9.17, 15) is 24.0 Å². The van der Waals surface area contributed by atoms with Gasteiger partial charge in [0.2, 0.25) is 5.37 Å². The molecule has 2 heterocycles. The number of carboxylic acids is 1. The molecule has 8 nitrogen and oxygen atoms in total. The lowest BCUT2D eigenvalue weighted by molar-refractivity contribution is -0.151. The molecule has 2 aliphatic rings. The summed E-state index contributed by atoms with van der Waals surface area (Å²) in [6.45, 7) is 4.77. The molecular weight excluding hydrogens is 360 g/mol. The van der Waals surface area contributed by atoms with Gasteiger partial charge in [-0.25, -0.2) is 4.79 Å². The van der Waals surface area contributed by atoms with Crippen LogP contribution in [0.5, 0.6) is 5.75 Å². The van der Waals surface area contributed by atoms with Crippen molar-refractivity contribution in [3.63, 3.8) is 0 Å². The van der Waals surface area contributed by atoms with Crippen molar-refractivity contribution in [1.82, 2.24) is 10.2 Å². The molecule has 1 saturated heterocycles. The van der Waals surface area contributed by atoms with Crippen LogP contribution in [-0.2, 0) is 25.6 Å². The molecule has 0 aliphatic carbocycles. The van der Waals surface area contributed by atoms with E-state index in [0.717, 1.165) is 4.90 Å². The minimum Gasteiger partial charge on any atom is -0.610 e. The number of nitrogens with zero attached hydrogens (tertiary/aromatic N) is 1. The van der Waals surface area contributed by atoms with Crippen LogP contribution in [0.4, 0.5) is 0 Å². The van der Waals surface area contributed by atoms with Crippen molar-refractivity contribution in [2.45, 2.75) is 18.3 Å². The quantitative estimate of drug-likeness (QED) is 0.565. The zero-order valence-electron chi connectivity index (χ0n) is 13.8. The van der Waals surface area contributed by atoms with Crippen LogP contribution < -0.4 is 10.1 Å². The van der Waals surface area contributed by atoms with Gasteiger partial charge in [-0.05, 0) is 25.6 Å². The van der Waals surface area contributed by atoms with Crippen LogP contribution in [0.15, 0.2) is 53.1 Å².